The number of nitrogens with zero attached hydrogens (tertiary/aromatic N) is 1. The highest BCUT2D eigenvalue weighted by molar-refractivity contribution is 5.84. The predicted molar refractivity (Wildman–Crippen MR) is 88.2 cm³/mol. The van der Waals surface area contributed by atoms with Crippen LogP contribution in [0, 0.1) is 0 Å². The Labute approximate surface area is 130 Å². The monoisotopic (exact) mass is 293 g/mol. The molecule has 112 valence electrons. The van der Waals surface area contributed by atoms with E-state index in [4.69, 9.17) is 9.47 Å². The van der Waals surface area contributed by atoms with E-state index in [1.165, 1.54) is 27.8 Å². The first-order valence-corrected chi connectivity index (χ1v) is 7.52. The fourth-order valence-electron chi connectivity index (χ4n) is 3.71. The van der Waals surface area contributed by atoms with Gasteiger partial charge in [0.05, 0.1) is 20.3 Å². The van der Waals surface area contributed by atoms with Crippen molar-refractivity contribution in [2.75, 3.05) is 21.3 Å². The Morgan fingerprint density at radius 2 is 1.95 bits per heavy atom. The van der Waals surface area contributed by atoms with E-state index in [1.54, 1.807) is 14.2 Å². The topological polar surface area (TPSA) is 21.7 Å². The summed E-state index contributed by atoms with van der Waals surface area (Å²) in [4.78, 5) is 2.30. The van der Waals surface area contributed by atoms with Crippen LogP contribution in [0.4, 0.5) is 0 Å². The van der Waals surface area contributed by atoms with Gasteiger partial charge < -0.3 is 14.4 Å². The summed E-state index contributed by atoms with van der Waals surface area (Å²) in [5.41, 5.74) is 6.45. The molecule has 3 nitrogen and oxygen atoms in total. The van der Waals surface area contributed by atoms with Gasteiger partial charge in [-0.3, -0.25) is 0 Å². The molecule has 1 heterocycles. The van der Waals surface area contributed by atoms with Crippen molar-refractivity contribution >= 4 is 6.08 Å². The fraction of sp³-hybridized carbons (Fsp3) is 0.263. The zero-order valence-electron chi connectivity index (χ0n) is 13.1. The molecule has 1 aliphatic heterocycles. The standard InChI is InChI=1S/C19H19NO2/c1-20-10-9-12-5-4-6-14-17(12)15(20)11-13-7-8-16(21-2)19(22-3)18(13)14/h4-10,15H,11H2,1-3H3. The lowest BCUT2D eigenvalue weighted by Gasteiger charge is -2.38. The number of hydrogen-bond donors (Lipinski definition) is 0. The van der Waals surface area contributed by atoms with E-state index >= 15 is 0 Å². The Morgan fingerprint density at radius 1 is 1.09 bits per heavy atom. The van der Waals surface area contributed by atoms with E-state index in [9.17, 15) is 0 Å². The maximum absolute atomic E-state index is 5.69. The van der Waals surface area contributed by atoms with Crippen LogP contribution in [0.5, 0.6) is 11.5 Å². The molecule has 3 heteroatoms. The summed E-state index contributed by atoms with van der Waals surface area (Å²) in [5, 5.41) is 0. The highest BCUT2D eigenvalue weighted by Gasteiger charge is 2.32. The summed E-state index contributed by atoms with van der Waals surface area (Å²) >= 11 is 0. The van der Waals surface area contributed by atoms with Crippen molar-refractivity contribution in [2.45, 2.75) is 12.5 Å². The van der Waals surface area contributed by atoms with Gasteiger partial charge in [-0.05, 0) is 47.0 Å². The molecular formula is C19H19NO2. The molecule has 22 heavy (non-hydrogen) atoms. The Morgan fingerprint density at radius 3 is 2.73 bits per heavy atom. The van der Waals surface area contributed by atoms with Crippen molar-refractivity contribution in [2.24, 2.45) is 0 Å². The van der Waals surface area contributed by atoms with Crippen LogP contribution in [-0.4, -0.2) is 26.2 Å². The molecule has 0 saturated carbocycles. The molecule has 0 amide bonds. The fourth-order valence-corrected chi connectivity index (χ4v) is 3.71. The summed E-state index contributed by atoms with van der Waals surface area (Å²) in [7, 11) is 5.55. The van der Waals surface area contributed by atoms with Gasteiger partial charge in [0.15, 0.2) is 11.5 Å². The van der Waals surface area contributed by atoms with Crippen LogP contribution in [0.25, 0.3) is 17.2 Å². The molecule has 0 radical (unpaired) electrons. The van der Waals surface area contributed by atoms with Gasteiger partial charge in [0, 0.05) is 12.6 Å². The molecule has 1 atom stereocenters. The van der Waals surface area contributed by atoms with E-state index in [-0.39, 0.29) is 0 Å². The van der Waals surface area contributed by atoms with Crippen LogP contribution in [-0.2, 0) is 6.42 Å². The van der Waals surface area contributed by atoms with Gasteiger partial charge in [0.25, 0.3) is 0 Å². The summed E-state index contributed by atoms with van der Waals surface area (Å²) in [6.45, 7) is 0. The normalized spacial score (nSPS) is 17.8. The van der Waals surface area contributed by atoms with Crippen LogP contribution < -0.4 is 9.47 Å². The van der Waals surface area contributed by atoms with Crippen LogP contribution >= 0.6 is 0 Å². The Hall–Kier alpha value is -2.42. The quantitative estimate of drug-likeness (QED) is 0.838. The molecule has 0 spiro atoms. The Bertz CT molecular complexity index is 779. The van der Waals surface area contributed by atoms with E-state index in [2.05, 4.69) is 48.5 Å². The summed E-state index contributed by atoms with van der Waals surface area (Å²) in [5.74, 6) is 1.63. The summed E-state index contributed by atoms with van der Waals surface area (Å²) < 4.78 is 11.2. The second-order valence-corrected chi connectivity index (χ2v) is 5.84. The lowest BCUT2D eigenvalue weighted by Crippen LogP contribution is -2.28. The van der Waals surface area contributed by atoms with Crippen LogP contribution in [0.1, 0.15) is 22.7 Å². The number of methoxy groups -OCH3 is 2. The molecule has 0 bridgehead atoms. The third kappa shape index (κ3) is 1.68. The molecule has 2 aliphatic rings. The molecule has 1 aliphatic carbocycles. The van der Waals surface area contributed by atoms with Gasteiger partial charge in [-0.15, -0.1) is 0 Å². The number of fused-ring (bicyclic) bond motifs is 2. The van der Waals surface area contributed by atoms with Crippen molar-refractivity contribution in [1.29, 1.82) is 0 Å². The number of ether oxygens (including phenoxy) is 2. The molecule has 0 fully saturated rings. The van der Waals surface area contributed by atoms with Gasteiger partial charge in [0.2, 0.25) is 0 Å². The minimum atomic E-state index is 0.391. The molecule has 2 aromatic carbocycles. The summed E-state index contributed by atoms with van der Waals surface area (Å²) in [6, 6.07) is 11.1. The average Bonchev–Trinajstić information content (AvgIpc) is 2.56. The second kappa shape index (κ2) is 4.80. The van der Waals surface area contributed by atoms with Gasteiger partial charge in [-0.2, -0.15) is 0 Å². The highest BCUT2D eigenvalue weighted by atomic mass is 16.5. The smallest absolute Gasteiger partial charge is 0.168 e. The predicted octanol–water partition coefficient (Wildman–Crippen LogP) is 3.88. The maximum atomic E-state index is 5.69. The molecule has 0 aromatic heterocycles. The zero-order chi connectivity index (χ0) is 15.3. The van der Waals surface area contributed by atoms with Crippen LogP contribution in [0.15, 0.2) is 36.5 Å². The maximum Gasteiger partial charge on any atom is 0.168 e. The Balaban J connectivity index is 2.05. The van der Waals surface area contributed by atoms with Gasteiger partial charge in [-0.25, -0.2) is 0 Å². The second-order valence-electron chi connectivity index (χ2n) is 5.84. The first kappa shape index (κ1) is 13.3. The van der Waals surface area contributed by atoms with Crippen LogP contribution in [0.3, 0.4) is 0 Å². The van der Waals surface area contributed by atoms with Gasteiger partial charge in [0.1, 0.15) is 0 Å². The number of likely N-dealkylation sites (N-methyl/N-ethyl adjacent to an activating group) is 1. The van der Waals surface area contributed by atoms with Gasteiger partial charge in [-0.1, -0.05) is 24.3 Å². The van der Waals surface area contributed by atoms with Crippen molar-refractivity contribution < 1.29 is 9.47 Å². The molecular weight excluding hydrogens is 274 g/mol. The minimum absolute atomic E-state index is 0.391. The highest BCUT2D eigenvalue weighted by Crippen LogP contribution is 2.50. The van der Waals surface area contributed by atoms with E-state index < -0.39 is 0 Å². The molecule has 1 unspecified atom stereocenters. The number of hydrogen-bond acceptors (Lipinski definition) is 3. The first-order chi connectivity index (χ1) is 10.7. The average molecular weight is 293 g/mol. The third-order valence-electron chi connectivity index (χ3n) is 4.77. The molecule has 0 saturated heterocycles. The summed E-state index contributed by atoms with van der Waals surface area (Å²) in [6.07, 6.45) is 5.34. The Kier molecular flexibility index (Phi) is 2.89. The van der Waals surface area contributed by atoms with Crippen LogP contribution in [0.2, 0.25) is 0 Å². The van der Waals surface area contributed by atoms with Crippen molar-refractivity contribution in [3.63, 3.8) is 0 Å². The van der Waals surface area contributed by atoms with Crippen molar-refractivity contribution in [3.8, 4) is 22.6 Å². The first-order valence-electron chi connectivity index (χ1n) is 7.52. The minimum Gasteiger partial charge on any atom is -0.493 e. The van der Waals surface area contributed by atoms with E-state index in [1.807, 2.05) is 6.07 Å². The SMILES string of the molecule is COc1ccc2c(c1OC)-c1cccc3c1C(C2)N(C)C=C3. The number of benzene rings is 2. The van der Waals surface area contributed by atoms with Gasteiger partial charge >= 0.3 is 0 Å². The molecule has 4 rings (SSSR count). The molecule has 0 N–H and O–H groups in total. The zero-order valence-corrected chi connectivity index (χ0v) is 13.1. The lowest BCUT2D eigenvalue weighted by atomic mass is 9.78. The van der Waals surface area contributed by atoms with E-state index in [0.29, 0.717) is 6.04 Å². The molecule has 2 aromatic rings. The number of rotatable bonds is 2. The van der Waals surface area contributed by atoms with E-state index in [0.717, 1.165) is 17.9 Å². The van der Waals surface area contributed by atoms with Crippen molar-refractivity contribution in [3.05, 3.63) is 53.2 Å². The largest absolute Gasteiger partial charge is 0.493 e. The lowest BCUT2D eigenvalue weighted by molar-refractivity contribution is 0.326. The third-order valence-corrected chi connectivity index (χ3v) is 4.77. The van der Waals surface area contributed by atoms with Crippen molar-refractivity contribution in [1.82, 2.24) is 4.90 Å².